The van der Waals surface area contributed by atoms with E-state index in [2.05, 4.69) is 15.5 Å². The Balaban J connectivity index is 1.47. The second-order valence-electron chi connectivity index (χ2n) is 6.11. The van der Waals surface area contributed by atoms with Crippen molar-refractivity contribution in [1.29, 1.82) is 0 Å². The van der Waals surface area contributed by atoms with Gasteiger partial charge in [-0.2, -0.15) is 0 Å². The van der Waals surface area contributed by atoms with Crippen molar-refractivity contribution < 1.29 is 19.1 Å². The van der Waals surface area contributed by atoms with Gasteiger partial charge in [-0.05, 0) is 30.5 Å². The molecule has 3 heterocycles. The van der Waals surface area contributed by atoms with Crippen molar-refractivity contribution in [3.63, 3.8) is 0 Å². The molecule has 2 aliphatic rings. The second kappa shape index (κ2) is 6.91. The van der Waals surface area contributed by atoms with Gasteiger partial charge in [0, 0.05) is 13.0 Å². The summed E-state index contributed by atoms with van der Waals surface area (Å²) in [4.78, 5) is 26.5. The number of fused-ring (bicyclic) bond motifs is 1. The van der Waals surface area contributed by atoms with Gasteiger partial charge in [-0.3, -0.25) is 14.9 Å². The molecule has 1 N–H and O–H groups in total. The normalized spacial score (nSPS) is 18.4. The highest BCUT2D eigenvalue weighted by Crippen LogP contribution is 2.33. The van der Waals surface area contributed by atoms with Crippen LogP contribution < -0.4 is 14.8 Å². The molecule has 0 spiro atoms. The number of aryl methyl sites for hydroxylation is 1. The fraction of sp³-hybridized carbons (Fsp3) is 0.412. The second-order valence-corrected chi connectivity index (χ2v) is 7.17. The minimum atomic E-state index is -0.512. The summed E-state index contributed by atoms with van der Waals surface area (Å²) >= 11 is 1.35. The summed E-state index contributed by atoms with van der Waals surface area (Å²) in [5.41, 5.74) is 0.895. The molecule has 1 atom stereocenters. The molecule has 1 saturated heterocycles. The highest BCUT2D eigenvalue weighted by atomic mass is 32.1. The highest BCUT2D eigenvalue weighted by Gasteiger charge is 2.36. The molecular weight excluding hydrogens is 356 g/mol. The number of nitrogens with zero attached hydrogens (tertiary/aromatic N) is 3. The number of likely N-dealkylation sites (tertiary alicyclic amines) is 1. The summed E-state index contributed by atoms with van der Waals surface area (Å²) in [5, 5.41) is 12.1. The maximum Gasteiger partial charge on any atom is 0.249 e. The number of carbonyl (C=O) groups excluding carboxylic acids is 2. The first-order chi connectivity index (χ1) is 12.6. The first-order valence-electron chi connectivity index (χ1n) is 8.45. The topological polar surface area (TPSA) is 93.7 Å². The third-order valence-electron chi connectivity index (χ3n) is 4.42. The van der Waals surface area contributed by atoms with Crippen LogP contribution in [0.15, 0.2) is 18.2 Å². The van der Waals surface area contributed by atoms with E-state index in [0.29, 0.717) is 36.0 Å². The van der Waals surface area contributed by atoms with E-state index in [1.807, 2.05) is 25.1 Å². The molecule has 0 aliphatic carbocycles. The first kappa shape index (κ1) is 16.8. The number of ether oxygens (including phenoxy) is 2. The van der Waals surface area contributed by atoms with Crippen molar-refractivity contribution in [2.75, 3.05) is 12.1 Å². The Labute approximate surface area is 154 Å². The molecule has 1 fully saturated rings. The predicted octanol–water partition coefficient (Wildman–Crippen LogP) is 1.96. The van der Waals surface area contributed by atoms with E-state index < -0.39 is 6.04 Å². The maximum absolute atomic E-state index is 12.6. The van der Waals surface area contributed by atoms with Gasteiger partial charge in [0.2, 0.25) is 23.7 Å². The van der Waals surface area contributed by atoms with Crippen LogP contribution in [-0.4, -0.2) is 39.7 Å². The van der Waals surface area contributed by atoms with E-state index in [-0.39, 0.29) is 18.6 Å². The summed E-state index contributed by atoms with van der Waals surface area (Å²) in [7, 11) is 0. The summed E-state index contributed by atoms with van der Waals surface area (Å²) in [6, 6.07) is 5.04. The first-order valence-corrected chi connectivity index (χ1v) is 9.27. The zero-order valence-electron chi connectivity index (χ0n) is 14.2. The molecular formula is C17H18N4O4S. The number of anilines is 1. The molecule has 2 aliphatic heterocycles. The van der Waals surface area contributed by atoms with Crippen LogP contribution in [0.2, 0.25) is 0 Å². The van der Waals surface area contributed by atoms with Gasteiger partial charge in [-0.15, -0.1) is 10.2 Å². The molecule has 1 unspecified atom stereocenters. The molecule has 8 nitrogen and oxygen atoms in total. The van der Waals surface area contributed by atoms with E-state index in [0.717, 1.165) is 17.0 Å². The van der Waals surface area contributed by atoms with Crippen LogP contribution in [0.25, 0.3) is 0 Å². The summed E-state index contributed by atoms with van der Waals surface area (Å²) in [6.45, 7) is 2.53. The minimum Gasteiger partial charge on any atom is -0.454 e. The zero-order valence-corrected chi connectivity index (χ0v) is 15.0. The Morgan fingerprint density at radius 2 is 2.19 bits per heavy atom. The SMILES string of the molecule is CCc1nnc(NC(=O)C2CCC(=O)N2Cc2ccc3c(c2)OCO3)s1. The van der Waals surface area contributed by atoms with Crippen molar-refractivity contribution in [2.24, 2.45) is 0 Å². The van der Waals surface area contributed by atoms with Crippen molar-refractivity contribution in [1.82, 2.24) is 15.1 Å². The van der Waals surface area contributed by atoms with Gasteiger partial charge in [0.05, 0.1) is 0 Å². The van der Waals surface area contributed by atoms with Crippen molar-refractivity contribution in [3.8, 4) is 11.5 Å². The largest absolute Gasteiger partial charge is 0.454 e. The van der Waals surface area contributed by atoms with Crippen molar-refractivity contribution in [3.05, 3.63) is 28.8 Å². The number of aromatic nitrogens is 2. The van der Waals surface area contributed by atoms with Crippen LogP contribution in [0.4, 0.5) is 5.13 Å². The number of benzene rings is 1. The van der Waals surface area contributed by atoms with Gasteiger partial charge in [0.15, 0.2) is 11.5 Å². The zero-order chi connectivity index (χ0) is 18.1. The molecule has 9 heteroatoms. The van der Waals surface area contributed by atoms with Gasteiger partial charge >= 0.3 is 0 Å². The number of hydrogen-bond donors (Lipinski definition) is 1. The lowest BCUT2D eigenvalue weighted by Gasteiger charge is -2.23. The molecule has 136 valence electrons. The summed E-state index contributed by atoms with van der Waals surface area (Å²) in [6.07, 6.45) is 1.62. The number of nitrogens with one attached hydrogen (secondary N) is 1. The lowest BCUT2D eigenvalue weighted by molar-refractivity contribution is -0.133. The number of amides is 2. The van der Waals surface area contributed by atoms with Gasteiger partial charge in [-0.25, -0.2) is 0 Å². The molecule has 1 aromatic heterocycles. The quantitative estimate of drug-likeness (QED) is 0.860. The van der Waals surface area contributed by atoms with Crippen LogP contribution in [0.1, 0.15) is 30.3 Å². The van der Waals surface area contributed by atoms with Crippen LogP contribution in [0.3, 0.4) is 0 Å². The fourth-order valence-electron chi connectivity index (χ4n) is 3.08. The van der Waals surface area contributed by atoms with Gasteiger partial charge in [0.1, 0.15) is 11.0 Å². The number of hydrogen-bond acceptors (Lipinski definition) is 7. The van der Waals surface area contributed by atoms with Crippen molar-refractivity contribution in [2.45, 2.75) is 38.8 Å². The Hall–Kier alpha value is -2.68. The van der Waals surface area contributed by atoms with Crippen LogP contribution >= 0.6 is 11.3 Å². The van der Waals surface area contributed by atoms with Crippen molar-refractivity contribution >= 4 is 28.3 Å². The van der Waals surface area contributed by atoms with E-state index in [4.69, 9.17) is 9.47 Å². The van der Waals surface area contributed by atoms with E-state index >= 15 is 0 Å². The fourth-order valence-corrected chi connectivity index (χ4v) is 3.76. The standard InChI is InChI=1S/C17H18N4O4S/c1-2-14-19-20-17(26-14)18-16(23)11-4-6-15(22)21(11)8-10-3-5-12-13(7-10)25-9-24-12/h3,5,7,11H,2,4,6,8-9H2,1H3,(H,18,20,23). The smallest absolute Gasteiger partial charge is 0.249 e. The molecule has 1 aromatic carbocycles. The van der Waals surface area contributed by atoms with Crippen LogP contribution in [0, 0.1) is 0 Å². The third kappa shape index (κ3) is 3.22. The average molecular weight is 374 g/mol. The van der Waals surface area contributed by atoms with E-state index in [1.54, 1.807) is 4.90 Å². The highest BCUT2D eigenvalue weighted by molar-refractivity contribution is 7.15. The molecule has 4 rings (SSSR count). The molecule has 26 heavy (non-hydrogen) atoms. The average Bonchev–Trinajstić information content (AvgIpc) is 3.35. The van der Waals surface area contributed by atoms with Crippen LogP contribution in [0.5, 0.6) is 11.5 Å². The maximum atomic E-state index is 12.6. The monoisotopic (exact) mass is 374 g/mol. The minimum absolute atomic E-state index is 0.0330. The Morgan fingerprint density at radius 3 is 3.00 bits per heavy atom. The van der Waals surface area contributed by atoms with E-state index in [9.17, 15) is 9.59 Å². The summed E-state index contributed by atoms with van der Waals surface area (Å²) in [5.74, 6) is 1.10. The molecule has 2 aromatic rings. The Bertz CT molecular complexity index is 853. The van der Waals surface area contributed by atoms with Gasteiger partial charge < -0.3 is 14.4 Å². The Kier molecular flexibility index (Phi) is 4.46. The Morgan fingerprint density at radius 1 is 1.35 bits per heavy atom. The number of rotatable bonds is 5. The molecule has 0 saturated carbocycles. The van der Waals surface area contributed by atoms with Crippen LogP contribution in [-0.2, 0) is 22.6 Å². The lowest BCUT2D eigenvalue weighted by atomic mass is 10.1. The molecule has 0 radical (unpaired) electrons. The van der Waals surface area contributed by atoms with Gasteiger partial charge in [0.25, 0.3) is 0 Å². The lowest BCUT2D eigenvalue weighted by Crippen LogP contribution is -2.41. The number of carbonyl (C=O) groups is 2. The van der Waals surface area contributed by atoms with E-state index in [1.165, 1.54) is 11.3 Å². The van der Waals surface area contributed by atoms with Gasteiger partial charge in [-0.1, -0.05) is 24.3 Å². The molecule has 0 bridgehead atoms. The third-order valence-corrected chi connectivity index (χ3v) is 5.40. The summed E-state index contributed by atoms with van der Waals surface area (Å²) < 4.78 is 10.7. The molecule has 2 amide bonds. The predicted molar refractivity (Wildman–Crippen MR) is 94.1 cm³/mol.